The van der Waals surface area contributed by atoms with Crippen LogP contribution in [-0.4, -0.2) is 25.5 Å². The molecule has 1 heterocycles. The minimum atomic E-state index is 0.374. The van der Waals surface area contributed by atoms with E-state index in [2.05, 4.69) is 57.5 Å². The van der Waals surface area contributed by atoms with Gasteiger partial charge >= 0.3 is 0 Å². The Bertz CT molecular complexity index is 513. The Morgan fingerprint density at radius 3 is 2.85 bits per heavy atom. The van der Waals surface area contributed by atoms with Gasteiger partial charge in [0.05, 0.1) is 12.5 Å². The maximum atomic E-state index is 5.10. The number of nitrogens with zero attached hydrogens (tertiary/aromatic N) is 1. The Hall–Kier alpha value is -1.10. The number of benzene rings is 1. The number of nitrogens with one attached hydrogen (secondary N) is 1. The van der Waals surface area contributed by atoms with Gasteiger partial charge in [-0.15, -0.1) is 0 Å². The van der Waals surface area contributed by atoms with Crippen LogP contribution >= 0.6 is 15.9 Å². The second-order valence-corrected chi connectivity index (χ2v) is 5.97. The molecule has 1 atom stereocenters. The average Bonchev–Trinajstić information content (AvgIpc) is 2.92. The van der Waals surface area contributed by atoms with E-state index in [1.165, 1.54) is 11.1 Å². The number of rotatable bonds is 7. The number of furan rings is 1. The minimum absolute atomic E-state index is 0.374. The molecule has 3 nitrogen and oxygen atoms in total. The summed E-state index contributed by atoms with van der Waals surface area (Å²) in [5, 5.41) is 3.39. The molecule has 0 aliphatic carbocycles. The first-order valence-corrected chi connectivity index (χ1v) is 7.60. The normalized spacial score (nSPS) is 12.8. The van der Waals surface area contributed by atoms with Gasteiger partial charge < -0.3 is 14.6 Å². The van der Waals surface area contributed by atoms with Crippen molar-refractivity contribution in [2.24, 2.45) is 0 Å². The van der Waals surface area contributed by atoms with Crippen LogP contribution in [0.4, 0.5) is 0 Å². The zero-order chi connectivity index (χ0) is 14.4. The summed E-state index contributed by atoms with van der Waals surface area (Å²) in [5.74, 6) is 0. The predicted octanol–water partition coefficient (Wildman–Crippen LogP) is 3.82. The van der Waals surface area contributed by atoms with Gasteiger partial charge in [-0.25, -0.2) is 0 Å². The van der Waals surface area contributed by atoms with Gasteiger partial charge in [0.1, 0.15) is 0 Å². The molecule has 0 amide bonds. The molecule has 0 spiro atoms. The summed E-state index contributed by atoms with van der Waals surface area (Å²) in [6.07, 6.45) is 4.60. The summed E-state index contributed by atoms with van der Waals surface area (Å²) in [6.45, 7) is 1.95. The monoisotopic (exact) mass is 336 g/mol. The maximum absolute atomic E-state index is 5.10. The second-order valence-electron chi connectivity index (χ2n) is 5.05. The van der Waals surface area contributed by atoms with Crippen LogP contribution < -0.4 is 5.32 Å². The van der Waals surface area contributed by atoms with Crippen LogP contribution in [0, 0.1) is 0 Å². The third kappa shape index (κ3) is 4.47. The standard InChI is InChI=1S/C16H21BrN2O/c1-18-16(14-4-3-5-15(17)10-14)6-8-19(2)11-13-7-9-20-12-13/h3-5,7,9-10,12,16,18H,6,8,11H2,1-2H3. The highest BCUT2D eigenvalue weighted by molar-refractivity contribution is 9.10. The van der Waals surface area contributed by atoms with Crippen LogP contribution in [0.25, 0.3) is 0 Å². The van der Waals surface area contributed by atoms with Gasteiger partial charge in [-0.05, 0) is 50.8 Å². The molecule has 4 heteroatoms. The van der Waals surface area contributed by atoms with E-state index in [0.717, 1.165) is 24.0 Å². The highest BCUT2D eigenvalue weighted by Crippen LogP contribution is 2.21. The molecule has 0 radical (unpaired) electrons. The summed E-state index contributed by atoms with van der Waals surface area (Å²) in [5.41, 5.74) is 2.54. The molecule has 2 rings (SSSR count). The number of halogens is 1. The minimum Gasteiger partial charge on any atom is -0.472 e. The Kier molecular flexibility index (Phi) is 5.83. The van der Waals surface area contributed by atoms with E-state index in [9.17, 15) is 0 Å². The van der Waals surface area contributed by atoms with E-state index in [1.54, 1.807) is 12.5 Å². The molecule has 0 aliphatic heterocycles. The smallest absolute Gasteiger partial charge is 0.0947 e. The first-order valence-electron chi connectivity index (χ1n) is 6.81. The topological polar surface area (TPSA) is 28.4 Å². The first-order chi connectivity index (χ1) is 9.69. The van der Waals surface area contributed by atoms with Crippen LogP contribution in [0.1, 0.15) is 23.6 Å². The Morgan fingerprint density at radius 2 is 2.20 bits per heavy atom. The number of hydrogen-bond acceptors (Lipinski definition) is 3. The molecule has 1 N–H and O–H groups in total. The maximum Gasteiger partial charge on any atom is 0.0947 e. The Morgan fingerprint density at radius 1 is 1.35 bits per heavy atom. The van der Waals surface area contributed by atoms with Crippen LogP contribution in [-0.2, 0) is 6.54 Å². The molecule has 0 fully saturated rings. The van der Waals surface area contributed by atoms with Crippen LogP contribution in [0.2, 0.25) is 0 Å². The van der Waals surface area contributed by atoms with E-state index >= 15 is 0 Å². The lowest BCUT2D eigenvalue weighted by Gasteiger charge is -2.21. The van der Waals surface area contributed by atoms with E-state index in [1.807, 2.05) is 13.1 Å². The van der Waals surface area contributed by atoms with Crippen LogP contribution in [0.3, 0.4) is 0 Å². The third-order valence-corrected chi connectivity index (χ3v) is 3.92. The van der Waals surface area contributed by atoms with Gasteiger partial charge in [-0.2, -0.15) is 0 Å². The fourth-order valence-corrected chi connectivity index (χ4v) is 2.74. The molecule has 1 aromatic heterocycles. The van der Waals surface area contributed by atoms with Crippen molar-refractivity contribution < 1.29 is 4.42 Å². The van der Waals surface area contributed by atoms with Crippen molar-refractivity contribution in [1.82, 2.24) is 10.2 Å². The zero-order valence-electron chi connectivity index (χ0n) is 12.0. The second kappa shape index (κ2) is 7.62. The predicted molar refractivity (Wildman–Crippen MR) is 85.6 cm³/mol. The summed E-state index contributed by atoms with van der Waals surface area (Å²) >= 11 is 3.53. The van der Waals surface area contributed by atoms with Crippen molar-refractivity contribution in [2.75, 3.05) is 20.6 Å². The lowest BCUT2D eigenvalue weighted by molar-refractivity contribution is 0.303. The lowest BCUT2D eigenvalue weighted by atomic mass is 10.0. The van der Waals surface area contributed by atoms with Crippen molar-refractivity contribution in [3.63, 3.8) is 0 Å². The van der Waals surface area contributed by atoms with Gasteiger partial charge in [0, 0.05) is 22.6 Å². The highest BCUT2D eigenvalue weighted by Gasteiger charge is 2.11. The molecule has 0 saturated carbocycles. The van der Waals surface area contributed by atoms with Crippen molar-refractivity contribution >= 4 is 15.9 Å². The highest BCUT2D eigenvalue weighted by atomic mass is 79.9. The van der Waals surface area contributed by atoms with E-state index in [4.69, 9.17) is 4.42 Å². The molecule has 108 valence electrons. The van der Waals surface area contributed by atoms with Crippen molar-refractivity contribution in [3.8, 4) is 0 Å². The Labute approximate surface area is 129 Å². The molecule has 1 unspecified atom stereocenters. The van der Waals surface area contributed by atoms with Crippen molar-refractivity contribution in [3.05, 3.63) is 58.5 Å². The molecular weight excluding hydrogens is 316 g/mol. The zero-order valence-corrected chi connectivity index (χ0v) is 13.6. The quantitative estimate of drug-likeness (QED) is 0.832. The van der Waals surface area contributed by atoms with E-state index < -0.39 is 0 Å². The average molecular weight is 337 g/mol. The third-order valence-electron chi connectivity index (χ3n) is 3.43. The lowest BCUT2D eigenvalue weighted by Crippen LogP contribution is -2.25. The fraction of sp³-hybridized carbons (Fsp3) is 0.375. The SMILES string of the molecule is CNC(CCN(C)Cc1ccoc1)c1cccc(Br)c1. The summed E-state index contributed by atoms with van der Waals surface area (Å²) in [7, 11) is 4.16. The summed E-state index contributed by atoms with van der Waals surface area (Å²) in [6, 6.07) is 10.9. The van der Waals surface area contributed by atoms with Crippen LogP contribution in [0.15, 0.2) is 51.7 Å². The van der Waals surface area contributed by atoms with Crippen molar-refractivity contribution in [1.29, 1.82) is 0 Å². The molecular formula is C16H21BrN2O. The molecule has 0 aliphatic rings. The van der Waals surface area contributed by atoms with Gasteiger partial charge in [0.25, 0.3) is 0 Å². The largest absolute Gasteiger partial charge is 0.472 e. The van der Waals surface area contributed by atoms with E-state index in [-0.39, 0.29) is 0 Å². The summed E-state index contributed by atoms with van der Waals surface area (Å²) in [4.78, 5) is 2.31. The molecule has 0 bridgehead atoms. The number of hydrogen-bond donors (Lipinski definition) is 1. The fourth-order valence-electron chi connectivity index (χ4n) is 2.32. The Balaban J connectivity index is 1.87. The van der Waals surface area contributed by atoms with Gasteiger partial charge in [-0.1, -0.05) is 28.1 Å². The molecule has 20 heavy (non-hydrogen) atoms. The first kappa shape index (κ1) is 15.3. The van der Waals surface area contributed by atoms with E-state index in [0.29, 0.717) is 6.04 Å². The van der Waals surface area contributed by atoms with Gasteiger partial charge in [0.15, 0.2) is 0 Å². The molecule has 1 aromatic carbocycles. The summed E-state index contributed by atoms with van der Waals surface area (Å²) < 4.78 is 6.23. The van der Waals surface area contributed by atoms with Crippen molar-refractivity contribution in [2.45, 2.75) is 19.0 Å². The molecule has 2 aromatic rings. The van der Waals surface area contributed by atoms with Gasteiger partial charge in [0.2, 0.25) is 0 Å². The van der Waals surface area contributed by atoms with Gasteiger partial charge in [-0.3, -0.25) is 0 Å². The molecule has 0 saturated heterocycles. The van der Waals surface area contributed by atoms with Crippen LogP contribution in [0.5, 0.6) is 0 Å².